The van der Waals surface area contributed by atoms with Crippen molar-refractivity contribution in [2.24, 2.45) is 11.1 Å². The SMILES string of the molecule is C#CCCCCNC(=O)CC(N)CC(C)(C)C. The lowest BCUT2D eigenvalue weighted by molar-refractivity contribution is -0.121. The summed E-state index contributed by atoms with van der Waals surface area (Å²) in [4.78, 5) is 11.5. The molecule has 3 nitrogen and oxygen atoms in total. The minimum absolute atomic E-state index is 0.0439. The number of nitrogens with two attached hydrogens (primary N) is 1. The molecule has 0 rings (SSSR count). The number of carbonyl (C=O) groups excluding carboxylic acids is 1. The molecule has 0 heterocycles. The Morgan fingerprint density at radius 1 is 1.41 bits per heavy atom. The highest BCUT2D eigenvalue weighted by Crippen LogP contribution is 2.20. The van der Waals surface area contributed by atoms with Gasteiger partial charge in [0.05, 0.1) is 0 Å². The van der Waals surface area contributed by atoms with Crippen molar-refractivity contribution < 1.29 is 4.79 Å². The topological polar surface area (TPSA) is 55.1 Å². The van der Waals surface area contributed by atoms with Crippen LogP contribution in [0.4, 0.5) is 0 Å². The summed E-state index contributed by atoms with van der Waals surface area (Å²) in [5.74, 6) is 2.63. The van der Waals surface area contributed by atoms with E-state index in [0.29, 0.717) is 13.0 Å². The molecule has 0 saturated carbocycles. The van der Waals surface area contributed by atoms with E-state index in [1.165, 1.54) is 0 Å². The fourth-order valence-electron chi connectivity index (χ4n) is 1.75. The van der Waals surface area contributed by atoms with E-state index in [-0.39, 0.29) is 17.4 Å². The van der Waals surface area contributed by atoms with Crippen molar-refractivity contribution in [1.29, 1.82) is 0 Å². The number of amides is 1. The molecule has 98 valence electrons. The van der Waals surface area contributed by atoms with Gasteiger partial charge in [-0.25, -0.2) is 0 Å². The molecule has 0 radical (unpaired) electrons. The van der Waals surface area contributed by atoms with Crippen LogP contribution in [0.2, 0.25) is 0 Å². The summed E-state index contributed by atoms with van der Waals surface area (Å²) in [5, 5.41) is 2.87. The second kappa shape index (κ2) is 8.14. The monoisotopic (exact) mass is 238 g/mol. The molecule has 17 heavy (non-hydrogen) atoms. The average molecular weight is 238 g/mol. The van der Waals surface area contributed by atoms with Crippen molar-refractivity contribution in [2.75, 3.05) is 6.54 Å². The van der Waals surface area contributed by atoms with Gasteiger partial charge in [0.2, 0.25) is 5.91 Å². The summed E-state index contributed by atoms with van der Waals surface area (Å²) in [6, 6.07) is -0.0549. The normalized spacial score (nSPS) is 12.9. The van der Waals surface area contributed by atoms with Crippen molar-refractivity contribution in [1.82, 2.24) is 5.32 Å². The molecule has 0 aromatic heterocycles. The van der Waals surface area contributed by atoms with Gasteiger partial charge >= 0.3 is 0 Å². The highest BCUT2D eigenvalue weighted by atomic mass is 16.1. The number of unbranched alkanes of at least 4 members (excludes halogenated alkanes) is 2. The highest BCUT2D eigenvalue weighted by molar-refractivity contribution is 5.76. The number of carbonyl (C=O) groups is 1. The molecule has 3 heteroatoms. The summed E-state index contributed by atoms with van der Waals surface area (Å²) in [5.41, 5.74) is 6.10. The van der Waals surface area contributed by atoms with Crippen LogP contribution in [0, 0.1) is 17.8 Å². The van der Waals surface area contributed by atoms with Crippen LogP contribution in [0.15, 0.2) is 0 Å². The maximum Gasteiger partial charge on any atom is 0.221 e. The van der Waals surface area contributed by atoms with Gasteiger partial charge in [-0.3, -0.25) is 4.79 Å². The molecule has 3 N–H and O–H groups in total. The minimum Gasteiger partial charge on any atom is -0.356 e. The Bertz CT molecular complexity index is 260. The smallest absolute Gasteiger partial charge is 0.221 e. The lowest BCUT2D eigenvalue weighted by Crippen LogP contribution is -2.34. The molecule has 0 spiro atoms. The maximum atomic E-state index is 11.5. The van der Waals surface area contributed by atoms with E-state index in [2.05, 4.69) is 32.0 Å². The van der Waals surface area contributed by atoms with E-state index in [9.17, 15) is 4.79 Å². The van der Waals surface area contributed by atoms with E-state index < -0.39 is 0 Å². The first kappa shape index (κ1) is 16.0. The van der Waals surface area contributed by atoms with E-state index in [1.807, 2.05) is 0 Å². The molecule has 0 bridgehead atoms. The quantitative estimate of drug-likeness (QED) is 0.527. The number of rotatable bonds is 7. The average Bonchev–Trinajstić information content (AvgIpc) is 2.14. The number of nitrogens with one attached hydrogen (secondary N) is 1. The van der Waals surface area contributed by atoms with Crippen LogP contribution in [0.25, 0.3) is 0 Å². The zero-order chi connectivity index (χ0) is 13.3. The van der Waals surface area contributed by atoms with Crippen LogP contribution in [-0.4, -0.2) is 18.5 Å². The van der Waals surface area contributed by atoms with Crippen molar-refractivity contribution >= 4 is 5.91 Å². The predicted molar refractivity (Wildman–Crippen MR) is 72.4 cm³/mol. The Hall–Kier alpha value is -1.01. The van der Waals surface area contributed by atoms with Crippen LogP contribution in [-0.2, 0) is 4.79 Å². The zero-order valence-electron chi connectivity index (χ0n) is 11.4. The molecule has 0 aromatic rings. The first-order valence-corrected chi connectivity index (χ1v) is 6.31. The van der Waals surface area contributed by atoms with Gasteiger partial charge in [0.25, 0.3) is 0 Å². The standard InChI is InChI=1S/C14H26N2O/c1-5-6-7-8-9-16-13(17)10-12(15)11-14(2,3)4/h1,12H,6-11,15H2,2-4H3,(H,16,17). The van der Waals surface area contributed by atoms with Gasteiger partial charge in [-0.15, -0.1) is 12.3 Å². The Morgan fingerprint density at radius 2 is 2.06 bits per heavy atom. The lowest BCUT2D eigenvalue weighted by atomic mass is 9.87. The lowest BCUT2D eigenvalue weighted by Gasteiger charge is -2.22. The molecule has 0 aliphatic rings. The molecule has 0 aliphatic heterocycles. The third-order valence-electron chi connectivity index (χ3n) is 2.39. The summed E-state index contributed by atoms with van der Waals surface area (Å²) in [7, 11) is 0. The van der Waals surface area contributed by atoms with Crippen molar-refractivity contribution in [3.05, 3.63) is 0 Å². The summed E-state index contributed by atoms with van der Waals surface area (Å²) >= 11 is 0. The number of terminal acetylenes is 1. The molecular formula is C14H26N2O. The van der Waals surface area contributed by atoms with Crippen molar-refractivity contribution in [2.45, 2.75) is 58.9 Å². The van der Waals surface area contributed by atoms with Crippen LogP contribution < -0.4 is 11.1 Å². The van der Waals surface area contributed by atoms with Crippen LogP contribution in [0.3, 0.4) is 0 Å². The Morgan fingerprint density at radius 3 is 2.59 bits per heavy atom. The minimum atomic E-state index is -0.0549. The second-order valence-corrected chi connectivity index (χ2v) is 5.74. The van der Waals surface area contributed by atoms with Gasteiger partial charge in [-0.2, -0.15) is 0 Å². The summed E-state index contributed by atoms with van der Waals surface area (Å²) < 4.78 is 0. The van der Waals surface area contributed by atoms with Crippen LogP contribution in [0.1, 0.15) is 52.9 Å². The van der Waals surface area contributed by atoms with Gasteiger partial charge in [0.1, 0.15) is 0 Å². The number of hydrogen-bond donors (Lipinski definition) is 2. The predicted octanol–water partition coefficient (Wildman–Crippen LogP) is 2.06. The van der Waals surface area contributed by atoms with Crippen molar-refractivity contribution in [3.63, 3.8) is 0 Å². The molecule has 1 amide bonds. The summed E-state index contributed by atoms with van der Waals surface area (Å²) in [6.07, 6.45) is 9.08. The van der Waals surface area contributed by atoms with Gasteiger partial charge in [0.15, 0.2) is 0 Å². The van der Waals surface area contributed by atoms with Gasteiger partial charge in [-0.1, -0.05) is 20.8 Å². The molecule has 0 fully saturated rings. The van der Waals surface area contributed by atoms with Crippen molar-refractivity contribution in [3.8, 4) is 12.3 Å². The summed E-state index contributed by atoms with van der Waals surface area (Å²) in [6.45, 7) is 7.09. The van der Waals surface area contributed by atoms with Crippen LogP contribution in [0.5, 0.6) is 0 Å². The fourth-order valence-corrected chi connectivity index (χ4v) is 1.75. The molecule has 0 aliphatic carbocycles. The molecule has 1 atom stereocenters. The zero-order valence-corrected chi connectivity index (χ0v) is 11.4. The molecular weight excluding hydrogens is 212 g/mol. The largest absolute Gasteiger partial charge is 0.356 e. The van der Waals surface area contributed by atoms with Crippen LogP contribution >= 0.6 is 0 Å². The molecule has 1 unspecified atom stereocenters. The molecule has 0 saturated heterocycles. The van der Waals surface area contributed by atoms with E-state index in [1.54, 1.807) is 0 Å². The van der Waals surface area contributed by atoms with Gasteiger partial charge < -0.3 is 11.1 Å². The number of hydrogen-bond acceptors (Lipinski definition) is 2. The third kappa shape index (κ3) is 11.3. The van der Waals surface area contributed by atoms with E-state index in [0.717, 1.165) is 25.7 Å². The second-order valence-electron chi connectivity index (χ2n) is 5.74. The van der Waals surface area contributed by atoms with Gasteiger partial charge in [-0.05, 0) is 24.7 Å². The first-order chi connectivity index (χ1) is 7.85. The Kier molecular flexibility index (Phi) is 7.65. The van der Waals surface area contributed by atoms with Gasteiger partial charge in [0, 0.05) is 25.4 Å². The fraction of sp³-hybridized carbons (Fsp3) is 0.786. The Balaban J connectivity index is 3.62. The van der Waals surface area contributed by atoms with E-state index >= 15 is 0 Å². The first-order valence-electron chi connectivity index (χ1n) is 6.31. The van der Waals surface area contributed by atoms with E-state index in [4.69, 9.17) is 12.2 Å². The third-order valence-corrected chi connectivity index (χ3v) is 2.39. The highest BCUT2D eigenvalue weighted by Gasteiger charge is 2.17. The molecule has 0 aromatic carbocycles. The maximum absolute atomic E-state index is 11.5. The Labute approximate surface area is 106 Å².